The molecule has 0 radical (unpaired) electrons. The number of carboxylic acids is 1. The number of hydrogen-bond acceptors (Lipinski definition) is 3. The van der Waals surface area contributed by atoms with Gasteiger partial charge in [-0.3, -0.25) is 4.79 Å². The van der Waals surface area contributed by atoms with Gasteiger partial charge in [-0.2, -0.15) is 0 Å². The molecule has 0 saturated carbocycles. The fraction of sp³-hybridized carbons (Fsp3) is 0.818. The number of amides is 2. The number of rotatable bonds is 8. The highest BCUT2D eigenvalue weighted by molar-refractivity contribution is 5.75. The molecule has 1 atom stereocenters. The lowest BCUT2D eigenvalue weighted by Gasteiger charge is -2.16. The molecule has 6 nitrogen and oxygen atoms in total. The molecule has 6 heteroatoms. The number of ether oxygens (including phenoxy) is 1. The summed E-state index contributed by atoms with van der Waals surface area (Å²) in [4.78, 5) is 22.1. The number of nitrogens with one attached hydrogen (secondary N) is 2. The number of carbonyl (C=O) groups is 2. The van der Waals surface area contributed by atoms with E-state index in [1.165, 1.54) is 0 Å². The molecule has 0 heterocycles. The highest BCUT2D eigenvalue weighted by atomic mass is 16.5. The third kappa shape index (κ3) is 7.57. The molecule has 1 unspecified atom stereocenters. The third-order valence-electron chi connectivity index (χ3n) is 2.34. The maximum atomic E-state index is 11.3. The van der Waals surface area contributed by atoms with E-state index < -0.39 is 11.9 Å². The lowest BCUT2D eigenvalue weighted by Crippen LogP contribution is -2.42. The Balaban J connectivity index is 3.77. The molecule has 0 spiro atoms. The van der Waals surface area contributed by atoms with Gasteiger partial charge in [-0.25, -0.2) is 4.79 Å². The summed E-state index contributed by atoms with van der Waals surface area (Å²) < 4.78 is 5.05. The van der Waals surface area contributed by atoms with Gasteiger partial charge in [0.15, 0.2) is 0 Å². The molecule has 0 fully saturated rings. The number of aliphatic carboxylic acids is 1. The topological polar surface area (TPSA) is 87.7 Å². The monoisotopic (exact) mass is 246 g/mol. The minimum Gasteiger partial charge on any atom is -0.481 e. The zero-order chi connectivity index (χ0) is 13.3. The van der Waals surface area contributed by atoms with Crippen molar-refractivity contribution in [3.8, 4) is 0 Å². The lowest BCUT2D eigenvalue weighted by molar-refractivity contribution is -0.142. The van der Waals surface area contributed by atoms with Crippen molar-refractivity contribution in [1.82, 2.24) is 10.6 Å². The first-order chi connectivity index (χ1) is 7.99. The van der Waals surface area contributed by atoms with E-state index in [4.69, 9.17) is 9.84 Å². The van der Waals surface area contributed by atoms with E-state index >= 15 is 0 Å². The van der Waals surface area contributed by atoms with Crippen molar-refractivity contribution in [2.24, 2.45) is 11.8 Å². The normalized spacial score (nSPS) is 12.2. The number of carboxylic acid groups (broad SMARTS) is 1. The molecule has 0 bridgehead atoms. The van der Waals surface area contributed by atoms with E-state index in [1.807, 2.05) is 20.8 Å². The Morgan fingerprint density at radius 3 is 2.41 bits per heavy atom. The number of hydrogen-bond donors (Lipinski definition) is 3. The second-order valence-electron chi connectivity index (χ2n) is 4.02. The molecule has 17 heavy (non-hydrogen) atoms. The van der Waals surface area contributed by atoms with Crippen LogP contribution in [0, 0.1) is 11.8 Å². The van der Waals surface area contributed by atoms with Gasteiger partial charge in [0.2, 0.25) is 0 Å². The van der Waals surface area contributed by atoms with Gasteiger partial charge >= 0.3 is 12.0 Å². The van der Waals surface area contributed by atoms with Gasteiger partial charge in [-0.05, 0) is 12.8 Å². The SMILES string of the molecule is CCOCCNC(=O)NCC(C(=O)O)C(C)C. The molecule has 0 aliphatic carbocycles. The van der Waals surface area contributed by atoms with Crippen LogP contribution in [0.4, 0.5) is 4.79 Å². The predicted molar refractivity (Wildman–Crippen MR) is 63.9 cm³/mol. The number of urea groups is 1. The van der Waals surface area contributed by atoms with Crippen molar-refractivity contribution in [3.05, 3.63) is 0 Å². The molecule has 3 N–H and O–H groups in total. The second-order valence-corrected chi connectivity index (χ2v) is 4.02. The first kappa shape index (κ1) is 15.7. The molecule has 0 aromatic rings. The molecule has 0 rings (SSSR count). The molecule has 0 aliphatic rings. The molecule has 0 aromatic heterocycles. The summed E-state index contributed by atoms with van der Waals surface area (Å²) in [5.74, 6) is -1.47. The summed E-state index contributed by atoms with van der Waals surface area (Å²) in [7, 11) is 0. The van der Waals surface area contributed by atoms with Crippen molar-refractivity contribution in [2.75, 3.05) is 26.3 Å². The first-order valence-electron chi connectivity index (χ1n) is 5.81. The molecular formula is C11H22N2O4. The van der Waals surface area contributed by atoms with Gasteiger partial charge in [0.25, 0.3) is 0 Å². The van der Waals surface area contributed by atoms with Gasteiger partial charge in [0.1, 0.15) is 0 Å². The lowest BCUT2D eigenvalue weighted by atomic mass is 9.96. The smallest absolute Gasteiger partial charge is 0.314 e. The first-order valence-corrected chi connectivity index (χ1v) is 5.81. The zero-order valence-electron chi connectivity index (χ0n) is 10.7. The van der Waals surface area contributed by atoms with Crippen LogP contribution in [0.15, 0.2) is 0 Å². The minimum absolute atomic E-state index is 0.0174. The average Bonchev–Trinajstić information content (AvgIpc) is 2.23. The van der Waals surface area contributed by atoms with Crippen LogP contribution in [0.1, 0.15) is 20.8 Å². The van der Waals surface area contributed by atoms with Gasteiger partial charge in [-0.1, -0.05) is 13.8 Å². The molecule has 0 saturated heterocycles. The zero-order valence-corrected chi connectivity index (χ0v) is 10.7. The van der Waals surface area contributed by atoms with E-state index in [0.29, 0.717) is 19.8 Å². The third-order valence-corrected chi connectivity index (χ3v) is 2.34. The van der Waals surface area contributed by atoms with Gasteiger partial charge in [0.05, 0.1) is 12.5 Å². The summed E-state index contributed by atoms with van der Waals surface area (Å²) >= 11 is 0. The fourth-order valence-corrected chi connectivity index (χ4v) is 1.25. The van der Waals surface area contributed by atoms with E-state index in [0.717, 1.165) is 0 Å². The summed E-state index contributed by atoms with van der Waals surface area (Å²) in [6.45, 7) is 7.11. The highest BCUT2D eigenvalue weighted by Gasteiger charge is 2.21. The Morgan fingerprint density at radius 2 is 1.94 bits per heavy atom. The Kier molecular flexibility index (Phi) is 8.13. The molecule has 100 valence electrons. The molecule has 0 aliphatic heterocycles. The quantitative estimate of drug-likeness (QED) is 0.549. The van der Waals surface area contributed by atoms with Crippen molar-refractivity contribution >= 4 is 12.0 Å². The Labute approximate surface area is 102 Å². The average molecular weight is 246 g/mol. The maximum absolute atomic E-state index is 11.3. The van der Waals surface area contributed by atoms with Gasteiger partial charge < -0.3 is 20.5 Å². The predicted octanol–water partition coefficient (Wildman–Crippen LogP) is 0.679. The van der Waals surface area contributed by atoms with Crippen LogP contribution in [0.25, 0.3) is 0 Å². The fourth-order valence-electron chi connectivity index (χ4n) is 1.25. The van der Waals surface area contributed by atoms with E-state index in [9.17, 15) is 9.59 Å². The van der Waals surface area contributed by atoms with Crippen molar-refractivity contribution in [2.45, 2.75) is 20.8 Å². The van der Waals surface area contributed by atoms with E-state index in [-0.39, 0.29) is 18.5 Å². The van der Waals surface area contributed by atoms with Crippen LogP contribution in [-0.2, 0) is 9.53 Å². The van der Waals surface area contributed by atoms with E-state index in [1.54, 1.807) is 0 Å². The minimum atomic E-state index is -0.894. The van der Waals surface area contributed by atoms with Crippen molar-refractivity contribution < 1.29 is 19.4 Å². The summed E-state index contributed by atoms with van der Waals surface area (Å²) in [5.41, 5.74) is 0. The summed E-state index contributed by atoms with van der Waals surface area (Å²) in [5, 5.41) is 14.0. The molecule has 0 aromatic carbocycles. The van der Waals surface area contributed by atoms with Crippen LogP contribution >= 0.6 is 0 Å². The van der Waals surface area contributed by atoms with Crippen molar-refractivity contribution in [3.63, 3.8) is 0 Å². The maximum Gasteiger partial charge on any atom is 0.314 e. The van der Waals surface area contributed by atoms with Gasteiger partial charge in [-0.15, -0.1) is 0 Å². The van der Waals surface area contributed by atoms with Crippen molar-refractivity contribution in [1.29, 1.82) is 0 Å². The molecular weight excluding hydrogens is 224 g/mol. The van der Waals surface area contributed by atoms with Crippen LogP contribution in [0.2, 0.25) is 0 Å². The van der Waals surface area contributed by atoms with Crippen LogP contribution in [0.3, 0.4) is 0 Å². The Morgan fingerprint density at radius 1 is 1.29 bits per heavy atom. The second kappa shape index (κ2) is 8.81. The van der Waals surface area contributed by atoms with Gasteiger partial charge in [0, 0.05) is 19.7 Å². The van der Waals surface area contributed by atoms with Crippen LogP contribution < -0.4 is 10.6 Å². The highest BCUT2D eigenvalue weighted by Crippen LogP contribution is 2.09. The Hall–Kier alpha value is -1.30. The Bertz CT molecular complexity index is 244. The summed E-state index contributed by atoms with van der Waals surface area (Å²) in [6, 6.07) is -0.364. The van der Waals surface area contributed by atoms with Crippen LogP contribution in [0.5, 0.6) is 0 Å². The van der Waals surface area contributed by atoms with E-state index in [2.05, 4.69) is 10.6 Å². The molecule has 2 amide bonds. The summed E-state index contributed by atoms with van der Waals surface area (Å²) in [6.07, 6.45) is 0. The number of carbonyl (C=O) groups excluding carboxylic acids is 1. The largest absolute Gasteiger partial charge is 0.481 e. The van der Waals surface area contributed by atoms with Crippen LogP contribution in [-0.4, -0.2) is 43.4 Å². The standard InChI is InChI=1S/C11H22N2O4/c1-4-17-6-5-12-11(16)13-7-9(8(2)3)10(14)15/h8-9H,4-7H2,1-3H3,(H,14,15)(H2,12,13,16).